The molecule has 0 unspecified atom stereocenters. The number of aryl methyl sites for hydroxylation is 1. The zero-order chi connectivity index (χ0) is 58.5. The van der Waals surface area contributed by atoms with E-state index in [0.717, 1.165) is 28.2 Å². The number of aromatic nitrogens is 4. The van der Waals surface area contributed by atoms with Gasteiger partial charge in [0.1, 0.15) is 35.2 Å². The number of pyridine rings is 4. The monoisotopic (exact) mass is 1130 g/mol. The SMILES string of the molecule is CC1(C)CC(=O)N(CCc2ccc(OC(=O)N3CCC(Oc4ccc(Oc5ccccn5)cc4)CC3)nc2)C(=O)C1.Cc1ccc(Oc2ccc(OC3CCN(C(=O)Oc4ccc(CCN5C(=O)CC(C)(C)CC5=O)cn4)CC3)cc2)nc1. The summed E-state index contributed by atoms with van der Waals surface area (Å²) in [5.41, 5.74) is 2.19. The molecule has 4 aliphatic rings. The minimum absolute atomic E-state index is 0.0104. The van der Waals surface area contributed by atoms with E-state index in [4.69, 9.17) is 28.4 Å². The third-order valence-electron chi connectivity index (χ3n) is 14.6. The fourth-order valence-corrected chi connectivity index (χ4v) is 9.98. The predicted molar refractivity (Wildman–Crippen MR) is 304 cm³/mol. The molecule has 0 N–H and O–H groups in total. The Morgan fingerprint density at radius 1 is 0.470 bits per heavy atom. The summed E-state index contributed by atoms with van der Waals surface area (Å²) in [4.78, 5) is 97.7. The lowest BCUT2D eigenvalue weighted by Crippen LogP contribution is -2.46. The van der Waals surface area contributed by atoms with Gasteiger partial charge in [-0.15, -0.1) is 0 Å². The molecule has 8 heterocycles. The summed E-state index contributed by atoms with van der Waals surface area (Å²) in [6.07, 6.45) is 10.9. The van der Waals surface area contributed by atoms with Crippen LogP contribution in [0.5, 0.6) is 46.5 Å². The van der Waals surface area contributed by atoms with Crippen LogP contribution in [-0.2, 0) is 32.0 Å². The average Bonchev–Trinajstić information content (AvgIpc) is 3.53. The molecule has 0 saturated carbocycles. The molecule has 10 rings (SSSR count). The maximum atomic E-state index is 12.7. The van der Waals surface area contributed by atoms with E-state index >= 15 is 0 Å². The van der Waals surface area contributed by atoms with Gasteiger partial charge in [0.2, 0.25) is 47.1 Å². The Morgan fingerprint density at radius 3 is 1.22 bits per heavy atom. The van der Waals surface area contributed by atoms with Crippen molar-refractivity contribution in [1.29, 1.82) is 0 Å². The van der Waals surface area contributed by atoms with E-state index < -0.39 is 12.2 Å². The van der Waals surface area contributed by atoms with Crippen LogP contribution in [-0.4, -0.2) is 127 Å². The molecule has 0 bridgehead atoms. The number of likely N-dealkylation sites (tertiary alicyclic amines) is 4. The number of imide groups is 2. The molecule has 4 aromatic heterocycles. The highest BCUT2D eigenvalue weighted by Gasteiger charge is 2.38. The van der Waals surface area contributed by atoms with Gasteiger partial charge < -0.3 is 38.2 Å². The number of ether oxygens (including phenoxy) is 6. The third-order valence-corrected chi connectivity index (χ3v) is 14.6. The van der Waals surface area contributed by atoms with Crippen molar-refractivity contribution in [3.05, 3.63) is 145 Å². The van der Waals surface area contributed by atoms with E-state index in [1.807, 2.05) is 107 Å². The fraction of sp³-hybridized carbons (Fsp3) is 0.397. The molecule has 0 radical (unpaired) electrons. The number of carbonyl (C=O) groups excluding carboxylic acids is 6. The summed E-state index contributed by atoms with van der Waals surface area (Å²) in [6, 6.07) is 30.9. The number of piperidine rings is 4. The first-order valence-corrected chi connectivity index (χ1v) is 28.1. The molecule has 2 aromatic carbocycles. The van der Waals surface area contributed by atoms with Gasteiger partial charge in [-0.2, -0.15) is 0 Å². The summed E-state index contributed by atoms with van der Waals surface area (Å²) in [5, 5.41) is 0. The summed E-state index contributed by atoms with van der Waals surface area (Å²) in [5.74, 6) is 3.75. The zero-order valence-corrected chi connectivity index (χ0v) is 47.6. The van der Waals surface area contributed by atoms with Crippen molar-refractivity contribution in [2.24, 2.45) is 10.8 Å². The quantitative estimate of drug-likeness (QED) is 0.0822. The molecule has 0 atom stereocenters. The van der Waals surface area contributed by atoms with E-state index in [2.05, 4.69) is 19.9 Å². The summed E-state index contributed by atoms with van der Waals surface area (Å²) in [7, 11) is 0. The van der Waals surface area contributed by atoms with Gasteiger partial charge in [0.05, 0.1) is 0 Å². The maximum absolute atomic E-state index is 12.7. The first kappa shape index (κ1) is 58.7. The second kappa shape index (κ2) is 26.8. The van der Waals surface area contributed by atoms with Crippen molar-refractivity contribution in [3.8, 4) is 46.5 Å². The highest BCUT2D eigenvalue weighted by molar-refractivity contribution is 5.99. The first-order valence-electron chi connectivity index (χ1n) is 28.1. The van der Waals surface area contributed by atoms with Gasteiger partial charge in [-0.3, -0.25) is 29.0 Å². The Balaban J connectivity index is 0.000000200. The van der Waals surface area contributed by atoms with Crippen molar-refractivity contribution >= 4 is 35.8 Å². The molecular formula is C63H70N8O12. The van der Waals surface area contributed by atoms with E-state index in [1.165, 1.54) is 9.80 Å². The van der Waals surface area contributed by atoms with Crippen molar-refractivity contribution < 1.29 is 57.2 Å². The zero-order valence-electron chi connectivity index (χ0n) is 47.6. The topological polar surface area (TPSA) is 222 Å². The fourth-order valence-electron chi connectivity index (χ4n) is 9.98. The molecule has 0 aliphatic carbocycles. The summed E-state index contributed by atoms with van der Waals surface area (Å²) >= 11 is 0. The van der Waals surface area contributed by atoms with Crippen LogP contribution in [0.3, 0.4) is 0 Å². The number of benzene rings is 2. The van der Waals surface area contributed by atoms with Crippen molar-refractivity contribution in [1.82, 2.24) is 39.5 Å². The van der Waals surface area contributed by atoms with Gasteiger partial charge >= 0.3 is 12.2 Å². The third kappa shape index (κ3) is 17.1. The van der Waals surface area contributed by atoms with Gasteiger partial charge in [0, 0.05) is 140 Å². The lowest BCUT2D eigenvalue weighted by atomic mass is 9.81. The summed E-state index contributed by atoms with van der Waals surface area (Å²) < 4.78 is 34.7. The molecule has 434 valence electrons. The molecule has 0 spiro atoms. The average molecular weight is 1130 g/mol. The van der Waals surface area contributed by atoms with E-state index in [0.29, 0.717) is 127 Å². The Kier molecular flexibility index (Phi) is 18.9. The van der Waals surface area contributed by atoms with Crippen LogP contribution >= 0.6 is 0 Å². The Bertz CT molecular complexity index is 3140. The standard InChI is InChI=1S/C32H36N4O6.C31H34N4O6/c1-22-4-10-27(33-20-22)41-25-8-6-24(7-9-25)40-26-13-15-35(16-14-26)31(39)42-28-11-5-23(21-34-28)12-17-36-29(37)18-32(2,3)19-30(36)38;1-31(2)19-28(36)35(29(37)20-31)18-12-22-6-11-27(33-21-22)41-30(38)34-16-13-25(14-17-34)39-23-7-9-24(10-8-23)40-26-5-3-4-15-32-26/h4-11,20-21,26H,12-19H2,1-3H3;3-11,15,21,25H,12-14,16-20H2,1-2H3. The predicted octanol–water partition coefficient (Wildman–Crippen LogP) is 10.4. The molecule has 20 nitrogen and oxygen atoms in total. The van der Waals surface area contributed by atoms with Crippen LogP contribution in [0, 0.1) is 17.8 Å². The van der Waals surface area contributed by atoms with Crippen LogP contribution in [0.25, 0.3) is 0 Å². The number of carbonyl (C=O) groups is 6. The molecule has 4 fully saturated rings. The molecular weight excluding hydrogens is 1060 g/mol. The number of amides is 6. The van der Waals surface area contributed by atoms with Crippen LogP contribution < -0.4 is 28.4 Å². The van der Waals surface area contributed by atoms with Gasteiger partial charge in [0.15, 0.2) is 0 Å². The molecule has 83 heavy (non-hydrogen) atoms. The van der Waals surface area contributed by atoms with Crippen molar-refractivity contribution in [2.75, 3.05) is 39.3 Å². The van der Waals surface area contributed by atoms with Crippen molar-refractivity contribution in [3.63, 3.8) is 0 Å². The Morgan fingerprint density at radius 2 is 0.855 bits per heavy atom. The smallest absolute Gasteiger partial charge is 0.416 e. The normalized spacial score (nSPS) is 17.3. The highest BCUT2D eigenvalue weighted by Crippen LogP contribution is 2.34. The second-order valence-electron chi connectivity index (χ2n) is 22.8. The number of hydrogen-bond donors (Lipinski definition) is 0. The van der Waals surface area contributed by atoms with Crippen molar-refractivity contribution in [2.45, 2.75) is 111 Å². The van der Waals surface area contributed by atoms with Crippen LogP contribution in [0.1, 0.15) is 95.8 Å². The molecule has 6 amide bonds. The maximum Gasteiger partial charge on any atom is 0.416 e. The Labute approximate surface area is 483 Å². The molecule has 6 aromatic rings. The van der Waals surface area contributed by atoms with Crippen LogP contribution in [0.15, 0.2) is 128 Å². The lowest BCUT2D eigenvalue weighted by Gasteiger charge is -2.34. The second-order valence-corrected chi connectivity index (χ2v) is 22.8. The minimum atomic E-state index is -0.452. The number of nitrogens with zero attached hydrogens (tertiary/aromatic N) is 8. The van der Waals surface area contributed by atoms with Gasteiger partial charge in [-0.05, 0) is 102 Å². The van der Waals surface area contributed by atoms with Crippen LogP contribution in [0.4, 0.5) is 9.59 Å². The van der Waals surface area contributed by atoms with E-state index in [1.54, 1.807) is 64.9 Å². The highest BCUT2D eigenvalue weighted by atomic mass is 16.6. The minimum Gasteiger partial charge on any atom is -0.490 e. The summed E-state index contributed by atoms with van der Waals surface area (Å²) in [6.45, 7) is 12.4. The molecule has 4 saturated heterocycles. The van der Waals surface area contributed by atoms with Gasteiger partial charge in [-0.1, -0.05) is 52.0 Å². The number of hydrogen-bond acceptors (Lipinski definition) is 16. The van der Waals surface area contributed by atoms with Crippen LogP contribution in [0.2, 0.25) is 0 Å². The van der Waals surface area contributed by atoms with Gasteiger partial charge in [0.25, 0.3) is 0 Å². The largest absolute Gasteiger partial charge is 0.490 e. The number of rotatable bonds is 16. The van der Waals surface area contributed by atoms with Gasteiger partial charge in [-0.25, -0.2) is 29.5 Å². The van der Waals surface area contributed by atoms with E-state index in [9.17, 15) is 28.8 Å². The first-order chi connectivity index (χ1) is 39.9. The Hall–Kier alpha value is -8.94. The lowest BCUT2D eigenvalue weighted by molar-refractivity contribution is -0.154. The molecule has 20 heteroatoms. The molecule has 4 aliphatic heterocycles. The van der Waals surface area contributed by atoms with E-state index in [-0.39, 0.29) is 58.4 Å².